The Bertz CT molecular complexity index is 107. The van der Waals surface area contributed by atoms with Crippen LogP contribution in [0.1, 0.15) is 0 Å². The van der Waals surface area contributed by atoms with Crippen LogP contribution in [0.4, 0.5) is 0 Å². The van der Waals surface area contributed by atoms with E-state index in [-0.39, 0.29) is 12.5 Å². The fraction of sp³-hybridized carbons (Fsp3) is 0.800. The largest absolute Gasteiger partial charge is 0.468 e. The van der Waals surface area contributed by atoms with Gasteiger partial charge >= 0.3 is 5.97 Å². The highest BCUT2D eigenvalue weighted by Crippen LogP contribution is 1.76. The van der Waals surface area contributed by atoms with E-state index in [1.54, 1.807) is 19.1 Å². The van der Waals surface area contributed by atoms with E-state index in [0.717, 1.165) is 0 Å². The molecule has 0 amide bonds. The van der Waals surface area contributed by atoms with Gasteiger partial charge in [0, 0.05) is 7.05 Å². The molecule has 0 spiro atoms. The van der Waals surface area contributed by atoms with Crippen LogP contribution in [0.25, 0.3) is 0 Å². The highest BCUT2D eigenvalue weighted by atomic mass is 16.5. The van der Waals surface area contributed by atoms with Gasteiger partial charge in [0.25, 0.3) is 0 Å². The molecular weight excluding hydrogens is 134 g/mol. The number of rotatable bonds is 4. The summed E-state index contributed by atoms with van der Waals surface area (Å²) in [6.45, 7) is 0.220. The molecule has 0 aliphatic rings. The fourth-order valence-electron chi connectivity index (χ4n) is 0.489. The van der Waals surface area contributed by atoms with Crippen molar-refractivity contribution < 1.29 is 9.53 Å². The number of methoxy groups -OCH3 is 1. The van der Waals surface area contributed by atoms with E-state index < -0.39 is 0 Å². The normalized spacial score (nSPS) is 10.0. The van der Waals surface area contributed by atoms with Crippen molar-refractivity contribution in [3.63, 3.8) is 0 Å². The van der Waals surface area contributed by atoms with Gasteiger partial charge in [-0.05, 0) is 7.05 Å². The van der Waals surface area contributed by atoms with E-state index in [9.17, 15) is 4.79 Å². The number of carbonyl (C=O) groups excluding carboxylic acids is 1. The molecule has 0 aliphatic heterocycles. The molecule has 5 heteroatoms. The molecule has 0 rings (SSSR count). The van der Waals surface area contributed by atoms with Gasteiger partial charge in [-0.15, -0.1) is 0 Å². The van der Waals surface area contributed by atoms with Crippen LogP contribution in [-0.4, -0.2) is 38.7 Å². The van der Waals surface area contributed by atoms with Gasteiger partial charge in [0.2, 0.25) is 0 Å². The van der Waals surface area contributed by atoms with E-state index in [1.807, 2.05) is 0 Å². The Labute approximate surface area is 60.3 Å². The first-order valence-electron chi connectivity index (χ1n) is 2.91. The van der Waals surface area contributed by atoms with Crippen LogP contribution in [0.5, 0.6) is 0 Å². The van der Waals surface area contributed by atoms with Gasteiger partial charge in [-0.2, -0.15) is 5.53 Å². The summed E-state index contributed by atoms with van der Waals surface area (Å²) in [5, 5.41) is 1.58. The second-order valence-corrected chi connectivity index (χ2v) is 1.79. The maximum atomic E-state index is 10.6. The lowest BCUT2D eigenvalue weighted by Gasteiger charge is -2.14. The number of nitrogens with zero attached hydrogens (tertiary/aromatic N) is 1. The Balaban J connectivity index is 3.37. The summed E-state index contributed by atoms with van der Waals surface area (Å²) in [5.41, 5.74) is 5.36. The van der Waals surface area contributed by atoms with Crippen LogP contribution in [0.15, 0.2) is 0 Å². The molecule has 0 unspecified atom stereocenters. The minimum absolute atomic E-state index is 0.220. The summed E-state index contributed by atoms with van der Waals surface area (Å²) in [4.78, 5) is 10.6. The summed E-state index contributed by atoms with van der Waals surface area (Å²) in [6.07, 6.45) is 0. The zero-order valence-electron chi connectivity index (χ0n) is 6.47. The zero-order chi connectivity index (χ0) is 7.98. The first kappa shape index (κ1) is 9.35. The molecule has 0 aromatic heterocycles. The minimum atomic E-state index is -0.273. The zero-order valence-corrected chi connectivity index (χ0v) is 6.47. The molecule has 2 N–H and O–H groups in total. The quantitative estimate of drug-likeness (QED) is 0.383. The van der Waals surface area contributed by atoms with Crippen molar-refractivity contribution >= 4 is 5.97 Å². The van der Waals surface area contributed by atoms with E-state index >= 15 is 0 Å². The molecule has 0 fully saturated rings. The Morgan fingerprint density at radius 1 is 1.70 bits per heavy atom. The standard InChI is InChI=1S/C5H13N3O2/c1-6-7-8(2)4-5(9)10-3/h6-7H,4H2,1-3H3. The number of carbonyl (C=O) groups is 1. The van der Waals surface area contributed by atoms with Gasteiger partial charge in [-0.25, -0.2) is 10.4 Å². The molecule has 0 saturated heterocycles. The van der Waals surface area contributed by atoms with Crippen molar-refractivity contribution in [2.24, 2.45) is 0 Å². The first-order chi connectivity index (χ1) is 4.70. The average Bonchev–Trinajstić information content (AvgIpc) is 1.88. The molecule has 10 heavy (non-hydrogen) atoms. The SMILES string of the molecule is CNNN(C)CC(=O)OC. The Morgan fingerprint density at radius 3 is 2.70 bits per heavy atom. The molecule has 0 aliphatic carbocycles. The molecule has 0 bridgehead atoms. The maximum absolute atomic E-state index is 10.6. The third kappa shape index (κ3) is 4.25. The lowest BCUT2D eigenvalue weighted by molar-refractivity contribution is -0.142. The van der Waals surface area contributed by atoms with Gasteiger partial charge in [-0.3, -0.25) is 4.79 Å². The van der Waals surface area contributed by atoms with Crippen molar-refractivity contribution in [2.45, 2.75) is 0 Å². The van der Waals surface area contributed by atoms with Gasteiger partial charge in [0.05, 0.1) is 7.11 Å². The Kier molecular flexibility index (Phi) is 4.82. The molecule has 60 valence electrons. The summed E-state index contributed by atoms with van der Waals surface area (Å²) in [6, 6.07) is 0. The minimum Gasteiger partial charge on any atom is -0.468 e. The molecule has 0 saturated carbocycles. The first-order valence-corrected chi connectivity index (χ1v) is 2.91. The van der Waals surface area contributed by atoms with E-state index in [1.165, 1.54) is 7.11 Å². The third-order valence-corrected chi connectivity index (χ3v) is 0.897. The molecule has 0 heterocycles. The van der Waals surface area contributed by atoms with Gasteiger partial charge in [-0.1, -0.05) is 0 Å². The third-order valence-electron chi connectivity index (χ3n) is 0.897. The predicted octanol–water partition coefficient (Wildman–Crippen LogP) is -1.27. The van der Waals surface area contributed by atoms with Gasteiger partial charge < -0.3 is 4.74 Å². The van der Waals surface area contributed by atoms with Crippen molar-refractivity contribution in [2.75, 3.05) is 27.7 Å². The van der Waals surface area contributed by atoms with Crippen molar-refractivity contribution in [3.05, 3.63) is 0 Å². The van der Waals surface area contributed by atoms with E-state index in [2.05, 4.69) is 15.7 Å². The number of ether oxygens (including phenoxy) is 1. The number of hydrogen-bond acceptors (Lipinski definition) is 5. The summed E-state index contributed by atoms with van der Waals surface area (Å²) < 4.78 is 4.42. The van der Waals surface area contributed by atoms with Crippen LogP contribution >= 0.6 is 0 Å². The smallest absolute Gasteiger partial charge is 0.321 e. The summed E-state index contributed by atoms with van der Waals surface area (Å²) in [5.74, 6) is -0.273. The Morgan fingerprint density at radius 2 is 2.30 bits per heavy atom. The number of hydrazine groups is 2. The lowest BCUT2D eigenvalue weighted by Crippen LogP contribution is -2.45. The van der Waals surface area contributed by atoms with E-state index in [0.29, 0.717) is 0 Å². The van der Waals surface area contributed by atoms with Crippen LogP contribution in [0, 0.1) is 0 Å². The second kappa shape index (κ2) is 5.16. The lowest BCUT2D eigenvalue weighted by atomic mass is 10.6. The highest BCUT2D eigenvalue weighted by Gasteiger charge is 2.02. The predicted molar refractivity (Wildman–Crippen MR) is 36.8 cm³/mol. The summed E-state index contributed by atoms with van der Waals surface area (Å²) >= 11 is 0. The number of hydrogen-bond donors (Lipinski definition) is 2. The molecule has 0 radical (unpaired) electrons. The van der Waals surface area contributed by atoms with E-state index in [4.69, 9.17) is 0 Å². The molecular formula is C5H13N3O2. The fourth-order valence-corrected chi connectivity index (χ4v) is 0.489. The highest BCUT2D eigenvalue weighted by molar-refractivity contribution is 5.71. The van der Waals surface area contributed by atoms with Crippen LogP contribution in [0.2, 0.25) is 0 Å². The van der Waals surface area contributed by atoms with Crippen molar-refractivity contribution in [1.29, 1.82) is 0 Å². The van der Waals surface area contributed by atoms with Gasteiger partial charge in [0.1, 0.15) is 6.54 Å². The van der Waals surface area contributed by atoms with Crippen LogP contribution in [-0.2, 0) is 9.53 Å². The van der Waals surface area contributed by atoms with Crippen LogP contribution in [0.3, 0.4) is 0 Å². The molecule has 0 aromatic rings. The van der Waals surface area contributed by atoms with Crippen molar-refractivity contribution in [1.82, 2.24) is 16.0 Å². The summed E-state index contributed by atoms with van der Waals surface area (Å²) in [7, 11) is 4.80. The number of esters is 1. The maximum Gasteiger partial charge on any atom is 0.321 e. The topological polar surface area (TPSA) is 53.6 Å². The van der Waals surface area contributed by atoms with Crippen molar-refractivity contribution in [3.8, 4) is 0 Å². The molecule has 5 nitrogen and oxygen atoms in total. The average molecular weight is 147 g/mol. The molecule has 0 aromatic carbocycles. The molecule has 0 atom stereocenters. The van der Waals surface area contributed by atoms with Gasteiger partial charge in [0.15, 0.2) is 0 Å². The number of likely N-dealkylation sites (N-methyl/N-ethyl adjacent to an activating group) is 1. The number of nitrogens with one attached hydrogen (secondary N) is 2. The monoisotopic (exact) mass is 147 g/mol. The Hall–Kier alpha value is -0.650. The van der Waals surface area contributed by atoms with Crippen LogP contribution < -0.4 is 11.0 Å². The second-order valence-electron chi connectivity index (χ2n) is 1.79.